The quantitative estimate of drug-likeness (QED) is 0.782. The average molecular weight is 235 g/mol. The van der Waals surface area contributed by atoms with Gasteiger partial charge in [-0.15, -0.1) is 12.6 Å². The van der Waals surface area contributed by atoms with Gasteiger partial charge < -0.3 is 4.90 Å². The number of rotatable bonds is 2. The molecule has 0 atom stereocenters. The zero-order valence-corrected chi connectivity index (χ0v) is 10.6. The second-order valence-corrected chi connectivity index (χ2v) is 5.23. The van der Waals surface area contributed by atoms with Crippen LogP contribution in [0.1, 0.15) is 25.8 Å². The van der Waals surface area contributed by atoms with Crippen LogP contribution in [0.25, 0.3) is 0 Å². The van der Waals surface area contributed by atoms with Gasteiger partial charge >= 0.3 is 0 Å². The number of anilines is 1. The molecule has 0 unspecified atom stereocenters. The molecule has 0 aromatic heterocycles. The molecule has 3 heteroatoms. The lowest BCUT2D eigenvalue weighted by atomic mass is 10.00. The van der Waals surface area contributed by atoms with E-state index in [1.165, 1.54) is 5.56 Å². The summed E-state index contributed by atoms with van der Waals surface area (Å²) in [5, 5.41) is 0. The predicted molar refractivity (Wildman–Crippen MR) is 69.2 cm³/mol. The van der Waals surface area contributed by atoms with Crippen LogP contribution in [0, 0.1) is 5.92 Å². The van der Waals surface area contributed by atoms with Crippen molar-refractivity contribution in [2.75, 3.05) is 11.4 Å². The fourth-order valence-electron chi connectivity index (χ4n) is 2.11. The minimum Gasteiger partial charge on any atom is -0.312 e. The molecule has 1 aromatic rings. The molecular formula is C13H17NOS. The Bertz CT molecular complexity index is 414. The highest BCUT2D eigenvalue weighted by atomic mass is 32.1. The number of carbonyl (C=O) groups is 1. The van der Waals surface area contributed by atoms with Crippen molar-refractivity contribution in [3.05, 3.63) is 23.8 Å². The first kappa shape index (κ1) is 11.5. The van der Waals surface area contributed by atoms with Gasteiger partial charge in [-0.25, -0.2) is 0 Å². The van der Waals surface area contributed by atoms with Gasteiger partial charge in [-0.05, 0) is 36.1 Å². The summed E-state index contributed by atoms with van der Waals surface area (Å²) in [6, 6.07) is 6.03. The van der Waals surface area contributed by atoms with Crippen molar-refractivity contribution in [1.82, 2.24) is 0 Å². The molecule has 1 aliphatic rings. The monoisotopic (exact) mass is 235 g/mol. The second-order valence-electron chi connectivity index (χ2n) is 4.71. The highest BCUT2D eigenvalue weighted by molar-refractivity contribution is 7.80. The Morgan fingerprint density at radius 1 is 1.38 bits per heavy atom. The van der Waals surface area contributed by atoms with Crippen LogP contribution in [0.5, 0.6) is 0 Å². The molecule has 2 nitrogen and oxygen atoms in total. The summed E-state index contributed by atoms with van der Waals surface area (Å²) in [6.45, 7) is 5.07. The van der Waals surface area contributed by atoms with Crippen molar-refractivity contribution in [3.63, 3.8) is 0 Å². The molecule has 0 radical (unpaired) electrons. The summed E-state index contributed by atoms with van der Waals surface area (Å²) in [4.78, 5) is 14.8. The van der Waals surface area contributed by atoms with Gasteiger partial charge in [0.1, 0.15) is 0 Å². The first-order chi connectivity index (χ1) is 7.58. The van der Waals surface area contributed by atoms with Crippen molar-refractivity contribution in [2.45, 2.75) is 31.6 Å². The van der Waals surface area contributed by atoms with Crippen LogP contribution in [0.4, 0.5) is 5.69 Å². The van der Waals surface area contributed by atoms with E-state index in [1.54, 1.807) is 0 Å². The minimum atomic E-state index is 0.244. The van der Waals surface area contributed by atoms with E-state index in [4.69, 9.17) is 0 Å². The SMILES string of the molecule is CC(C)CN1C(=O)CCc2cc(S)ccc21. The predicted octanol–water partition coefficient (Wildman–Crippen LogP) is 2.91. The van der Waals surface area contributed by atoms with Crippen LogP contribution < -0.4 is 4.90 Å². The molecule has 1 aliphatic heterocycles. The van der Waals surface area contributed by atoms with E-state index >= 15 is 0 Å². The van der Waals surface area contributed by atoms with Gasteiger partial charge in [0.25, 0.3) is 0 Å². The summed E-state index contributed by atoms with van der Waals surface area (Å²) in [6.07, 6.45) is 1.47. The lowest BCUT2D eigenvalue weighted by Gasteiger charge is -2.31. The van der Waals surface area contributed by atoms with Gasteiger partial charge in [0.15, 0.2) is 0 Å². The number of amides is 1. The standard InChI is InChI=1S/C13H17NOS/c1-9(2)8-14-12-5-4-11(16)7-10(12)3-6-13(14)15/h4-5,7,9,16H,3,6,8H2,1-2H3. The fraction of sp³-hybridized carbons (Fsp3) is 0.462. The number of hydrogen-bond acceptors (Lipinski definition) is 2. The van der Waals surface area contributed by atoms with E-state index in [9.17, 15) is 4.79 Å². The van der Waals surface area contributed by atoms with Gasteiger partial charge in [-0.2, -0.15) is 0 Å². The van der Waals surface area contributed by atoms with Gasteiger partial charge in [0.2, 0.25) is 5.91 Å². The Labute approximate surface area is 102 Å². The zero-order valence-electron chi connectivity index (χ0n) is 9.73. The number of thiol groups is 1. The van der Waals surface area contributed by atoms with E-state index in [2.05, 4.69) is 32.5 Å². The molecular weight excluding hydrogens is 218 g/mol. The molecule has 1 amide bonds. The molecule has 0 bridgehead atoms. The molecule has 0 saturated heterocycles. The Balaban J connectivity index is 2.36. The van der Waals surface area contributed by atoms with E-state index in [0.29, 0.717) is 12.3 Å². The van der Waals surface area contributed by atoms with Gasteiger partial charge in [-0.3, -0.25) is 4.79 Å². The van der Waals surface area contributed by atoms with E-state index < -0.39 is 0 Å². The van der Waals surface area contributed by atoms with Crippen LogP contribution in [0.15, 0.2) is 23.1 Å². The number of aryl methyl sites for hydroxylation is 1. The maximum absolute atomic E-state index is 11.9. The lowest BCUT2D eigenvalue weighted by molar-refractivity contribution is -0.119. The maximum Gasteiger partial charge on any atom is 0.227 e. The number of fused-ring (bicyclic) bond motifs is 1. The Hall–Kier alpha value is -0.960. The minimum absolute atomic E-state index is 0.244. The topological polar surface area (TPSA) is 20.3 Å². The largest absolute Gasteiger partial charge is 0.312 e. The molecule has 0 N–H and O–H groups in total. The first-order valence-electron chi connectivity index (χ1n) is 5.70. The van der Waals surface area contributed by atoms with E-state index in [-0.39, 0.29) is 5.91 Å². The molecule has 0 saturated carbocycles. The Morgan fingerprint density at radius 3 is 2.81 bits per heavy atom. The number of carbonyl (C=O) groups excluding carboxylic acids is 1. The van der Waals surface area contributed by atoms with Gasteiger partial charge in [0.05, 0.1) is 0 Å². The van der Waals surface area contributed by atoms with E-state index in [1.807, 2.05) is 17.0 Å². The van der Waals surface area contributed by atoms with Crippen LogP contribution in [0.3, 0.4) is 0 Å². The van der Waals surface area contributed by atoms with Crippen molar-refractivity contribution in [1.29, 1.82) is 0 Å². The normalized spacial score (nSPS) is 15.5. The summed E-state index contributed by atoms with van der Waals surface area (Å²) in [7, 11) is 0. The van der Waals surface area contributed by atoms with Crippen LogP contribution in [-0.4, -0.2) is 12.5 Å². The molecule has 0 spiro atoms. The second kappa shape index (κ2) is 4.50. The molecule has 2 rings (SSSR count). The first-order valence-corrected chi connectivity index (χ1v) is 6.15. The number of hydrogen-bond donors (Lipinski definition) is 1. The van der Waals surface area contributed by atoms with Crippen LogP contribution in [0.2, 0.25) is 0 Å². The Kier molecular flexibility index (Phi) is 3.24. The highest BCUT2D eigenvalue weighted by Crippen LogP contribution is 2.30. The van der Waals surface area contributed by atoms with Crippen molar-refractivity contribution >= 4 is 24.2 Å². The summed E-state index contributed by atoms with van der Waals surface area (Å²) in [5.41, 5.74) is 2.32. The average Bonchev–Trinajstić information content (AvgIpc) is 2.22. The van der Waals surface area contributed by atoms with E-state index in [0.717, 1.165) is 23.5 Å². The number of nitrogens with zero attached hydrogens (tertiary/aromatic N) is 1. The molecule has 0 fully saturated rings. The molecule has 0 aliphatic carbocycles. The van der Waals surface area contributed by atoms with Crippen molar-refractivity contribution < 1.29 is 4.79 Å². The molecule has 1 aromatic carbocycles. The van der Waals surface area contributed by atoms with Crippen molar-refractivity contribution in [2.24, 2.45) is 5.92 Å². The van der Waals surface area contributed by atoms with Gasteiger partial charge in [-0.1, -0.05) is 13.8 Å². The van der Waals surface area contributed by atoms with Crippen LogP contribution in [-0.2, 0) is 11.2 Å². The third-order valence-corrected chi connectivity index (χ3v) is 3.09. The third-order valence-electron chi connectivity index (χ3n) is 2.81. The molecule has 1 heterocycles. The third kappa shape index (κ3) is 2.24. The highest BCUT2D eigenvalue weighted by Gasteiger charge is 2.24. The lowest BCUT2D eigenvalue weighted by Crippen LogP contribution is -2.37. The fourth-order valence-corrected chi connectivity index (χ4v) is 2.34. The van der Waals surface area contributed by atoms with Crippen molar-refractivity contribution in [3.8, 4) is 0 Å². The Morgan fingerprint density at radius 2 is 2.12 bits per heavy atom. The van der Waals surface area contributed by atoms with Gasteiger partial charge in [0, 0.05) is 23.5 Å². The summed E-state index contributed by atoms with van der Waals surface area (Å²) < 4.78 is 0. The maximum atomic E-state index is 11.9. The smallest absolute Gasteiger partial charge is 0.227 e. The number of benzene rings is 1. The molecule has 16 heavy (non-hydrogen) atoms. The van der Waals surface area contributed by atoms with Crippen LogP contribution >= 0.6 is 12.6 Å². The summed E-state index contributed by atoms with van der Waals surface area (Å²) in [5.74, 6) is 0.735. The summed E-state index contributed by atoms with van der Waals surface area (Å²) >= 11 is 4.34. The molecule has 86 valence electrons. The zero-order chi connectivity index (χ0) is 11.7.